The summed E-state index contributed by atoms with van der Waals surface area (Å²) in [6.07, 6.45) is 2.70. The molecule has 0 fully saturated rings. The third-order valence-corrected chi connectivity index (χ3v) is 4.42. The van der Waals surface area contributed by atoms with Crippen molar-refractivity contribution in [1.29, 1.82) is 0 Å². The molecule has 0 aliphatic rings. The molecule has 2 aromatic carbocycles. The summed E-state index contributed by atoms with van der Waals surface area (Å²) in [4.78, 5) is 15.8. The van der Waals surface area contributed by atoms with Crippen LogP contribution in [0.2, 0.25) is 0 Å². The number of nitrogens with zero attached hydrogens (tertiary/aromatic N) is 2. The first-order chi connectivity index (χ1) is 11.7. The van der Waals surface area contributed by atoms with Gasteiger partial charge in [0.25, 0.3) is 0 Å². The second-order valence-corrected chi connectivity index (χ2v) is 6.10. The summed E-state index contributed by atoms with van der Waals surface area (Å²) in [6, 6.07) is 14.6. The highest BCUT2D eigenvalue weighted by atomic mass is 16.1. The van der Waals surface area contributed by atoms with Crippen LogP contribution in [0.15, 0.2) is 42.5 Å². The van der Waals surface area contributed by atoms with Crippen molar-refractivity contribution >= 4 is 17.3 Å². The lowest BCUT2D eigenvalue weighted by atomic mass is 10.0. The van der Waals surface area contributed by atoms with Gasteiger partial charge in [0, 0.05) is 18.0 Å². The van der Waals surface area contributed by atoms with Crippen molar-refractivity contribution in [2.45, 2.75) is 32.6 Å². The van der Waals surface area contributed by atoms with Gasteiger partial charge < -0.3 is 10.5 Å². The van der Waals surface area contributed by atoms with Gasteiger partial charge in [-0.25, -0.2) is 4.98 Å². The van der Waals surface area contributed by atoms with Crippen molar-refractivity contribution in [2.75, 3.05) is 6.54 Å². The molecule has 1 heterocycles. The minimum absolute atomic E-state index is 0.111. The van der Waals surface area contributed by atoms with Gasteiger partial charge in [0.1, 0.15) is 12.1 Å². The molecule has 3 rings (SSSR count). The van der Waals surface area contributed by atoms with Gasteiger partial charge in [0.05, 0.1) is 11.0 Å². The van der Waals surface area contributed by atoms with Crippen LogP contribution in [-0.2, 0) is 17.6 Å². The summed E-state index contributed by atoms with van der Waals surface area (Å²) < 4.78 is 2.19. The van der Waals surface area contributed by atoms with Gasteiger partial charge in [-0.15, -0.1) is 0 Å². The van der Waals surface area contributed by atoms with E-state index < -0.39 is 0 Å². The fourth-order valence-electron chi connectivity index (χ4n) is 3.01. The Kier molecular flexibility index (Phi) is 4.76. The molecule has 0 saturated heterocycles. The minimum atomic E-state index is -0.111. The van der Waals surface area contributed by atoms with E-state index in [1.165, 1.54) is 5.56 Å². The standard InChI is InChI=1S/C20H23N3O/c1-3-20-22-18-12-16(14(2)13-24)6-9-19(18)23(20)17-7-4-15(5-8-17)10-11-21/h4-9,12-14H,3,10-11,21H2,1-2H3. The predicted molar refractivity (Wildman–Crippen MR) is 97.7 cm³/mol. The number of imidazole rings is 1. The quantitative estimate of drug-likeness (QED) is 0.708. The molecule has 2 N–H and O–H groups in total. The van der Waals surface area contributed by atoms with E-state index in [-0.39, 0.29) is 5.92 Å². The van der Waals surface area contributed by atoms with Crippen LogP contribution in [0.3, 0.4) is 0 Å². The summed E-state index contributed by atoms with van der Waals surface area (Å²) in [5, 5.41) is 0. The third kappa shape index (κ3) is 2.97. The van der Waals surface area contributed by atoms with E-state index in [4.69, 9.17) is 10.7 Å². The summed E-state index contributed by atoms with van der Waals surface area (Å²) in [5.74, 6) is 0.910. The molecule has 0 bridgehead atoms. The number of aldehydes is 1. The first kappa shape index (κ1) is 16.4. The van der Waals surface area contributed by atoms with Crippen molar-refractivity contribution in [3.8, 4) is 5.69 Å². The van der Waals surface area contributed by atoms with E-state index >= 15 is 0 Å². The number of carbonyl (C=O) groups is 1. The smallest absolute Gasteiger partial charge is 0.127 e. The zero-order valence-electron chi connectivity index (χ0n) is 14.2. The average Bonchev–Trinajstić information content (AvgIpc) is 2.99. The van der Waals surface area contributed by atoms with Gasteiger partial charge in [-0.1, -0.05) is 32.0 Å². The molecule has 24 heavy (non-hydrogen) atoms. The number of rotatable bonds is 6. The topological polar surface area (TPSA) is 60.9 Å². The second-order valence-electron chi connectivity index (χ2n) is 6.10. The van der Waals surface area contributed by atoms with Gasteiger partial charge in [-0.05, 0) is 48.4 Å². The van der Waals surface area contributed by atoms with Crippen LogP contribution in [0.5, 0.6) is 0 Å². The van der Waals surface area contributed by atoms with Crippen molar-refractivity contribution in [3.05, 3.63) is 59.4 Å². The summed E-state index contributed by atoms with van der Waals surface area (Å²) >= 11 is 0. The van der Waals surface area contributed by atoms with Crippen LogP contribution >= 0.6 is 0 Å². The van der Waals surface area contributed by atoms with Crippen molar-refractivity contribution in [2.24, 2.45) is 5.73 Å². The molecule has 3 aromatic rings. The lowest BCUT2D eigenvalue weighted by Gasteiger charge is -2.10. The number of aromatic nitrogens is 2. The van der Waals surface area contributed by atoms with Crippen LogP contribution in [-0.4, -0.2) is 22.4 Å². The Hall–Kier alpha value is -2.46. The summed E-state index contributed by atoms with van der Waals surface area (Å²) in [7, 11) is 0. The number of hydrogen-bond donors (Lipinski definition) is 1. The Morgan fingerprint density at radius 2 is 1.96 bits per heavy atom. The Morgan fingerprint density at radius 1 is 1.21 bits per heavy atom. The van der Waals surface area contributed by atoms with E-state index in [1.54, 1.807) is 0 Å². The molecule has 4 nitrogen and oxygen atoms in total. The highest BCUT2D eigenvalue weighted by Gasteiger charge is 2.13. The van der Waals surface area contributed by atoms with Crippen LogP contribution in [0.25, 0.3) is 16.7 Å². The molecule has 1 unspecified atom stereocenters. The fraction of sp³-hybridized carbons (Fsp3) is 0.300. The van der Waals surface area contributed by atoms with Crippen LogP contribution in [0, 0.1) is 0 Å². The maximum Gasteiger partial charge on any atom is 0.127 e. The number of hydrogen-bond acceptors (Lipinski definition) is 3. The first-order valence-electron chi connectivity index (χ1n) is 8.43. The highest BCUT2D eigenvalue weighted by Crippen LogP contribution is 2.25. The molecule has 0 amide bonds. The lowest BCUT2D eigenvalue weighted by Crippen LogP contribution is -2.04. The zero-order valence-corrected chi connectivity index (χ0v) is 14.2. The Labute approximate surface area is 142 Å². The van der Waals surface area contributed by atoms with E-state index in [0.29, 0.717) is 6.54 Å². The molecule has 4 heteroatoms. The summed E-state index contributed by atoms with van der Waals surface area (Å²) in [6.45, 7) is 4.67. The predicted octanol–water partition coefficient (Wildman–Crippen LogP) is 3.39. The molecule has 1 atom stereocenters. The van der Waals surface area contributed by atoms with Gasteiger partial charge in [0.15, 0.2) is 0 Å². The van der Waals surface area contributed by atoms with Crippen LogP contribution in [0.4, 0.5) is 0 Å². The average molecular weight is 321 g/mol. The molecular formula is C20H23N3O. The Bertz CT molecular complexity index is 849. The van der Waals surface area contributed by atoms with E-state index in [0.717, 1.165) is 47.2 Å². The van der Waals surface area contributed by atoms with Gasteiger partial charge in [-0.2, -0.15) is 0 Å². The van der Waals surface area contributed by atoms with Crippen molar-refractivity contribution in [3.63, 3.8) is 0 Å². The molecule has 0 aliphatic heterocycles. The van der Waals surface area contributed by atoms with Crippen LogP contribution in [0.1, 0.15) is 36.7 Å². The molecule has 1 aromatic heterocycles. The normalized spacial score (nSPS) is 12.5. The second kappa shape index (κ2) is 6.97. The Morgan fingerprint density at radius 3 is 2.58 bits per heavy atom. The number of benzene rings is 2. The summed E-state index contributed by atoms with van der Waals surface area (Å²) in [5.41, 5.74) is 11.0. The maximum atomic E-state index is 11.0. The van der Waals surface area contributed by atoms with Crippen molar-refractivity contribution in [1.82, 2.24) is 9.55 Å². The Balaban J connectivity index is 2.10. The van der Waals surface area contributed by atoms with Gasteiger partial charge >= 0.3 is 0 Å². The molecule has 0 radical (unpaired) electrons. The van der Waals surface area contributed by atoms with Gasteiger partial charge in [0.2, 0.25) is 0 Å². The first-order valence-corrected chi connectivity index (χ1v) is 8.43. The number of fused-ring (bicyclic) bond motifs is 1. The molecule has 0 spiro atoms. The van der Waals surface area contributed by atoms with Crippen molar-refractivity contribution < 1.29 is 4.79 Å². The lowest BCUT2D eigenvalue weighted by molar-refractivity contribution is -0.108. The maximum absolute atomic E-state index is 11.0. The van der Waals surface area contributed by atoms with E-state index in [9.17, 15) is 4.79 Å². The minimum Gasteiger partial charge on any atom is -0.330 e. The molecule has 0 saturated carbocycles. The molecule has 0 aliphatic carbocycles. The van der Waals surface area contributed by atoms with E-state index in [2.05, 4.69) is 41.8 Å². The zero-order chi connectivity index (χ0) is 17.1. The number of nitrogens with two attached hydrogens (primary N) is 1. The monoisotopic (exact) mass is 321 g/mol. The molecular weight excluding hydrogens is 298 g/mol. The van der Waals surface area contributed by atoms with Crippen LogP contribution < -0.4 is 5.73 Å². The number of aryl methyl sites for hydroxylation is 1. The fourth-order valence-corrected chi connectivity index (χ4v) is 3.01. The largest absolute Gasteiger partial charge is 0.330 e. The molecule has 124 valence electrons. The van der Waals surface area contributed by atoms with E-state index in [1.807, 2.05) is 19.1 Å². The third-order valence-electron chi connectivity index (χ3n) is 4.42. The number of carbonyl (C=O) groups excluding carboxylic acids is 1. The SMILES string of the molecule is CCc1nc2cc(C(C)C=O)ccc2n1-c1ccc(CCN)cc1. The highest BCUT2D eigenvalue weighted by molar-refractivity contribution is 5.80. The van der Waals surface area contributed by atoms with Gasteiger partial charge in [-0.3, -0.25) is 4.57 Å².